The number of hydrogen-bond acceptors (Lipinski definition) is 9. The van der Waals surface area contributed by atoms with Crippen molar-refractivity contribution in [1.29, 1.82) is 0 Å². The Morgan fingerprint density at radius 2 is 1.82 bits per heavy atom. The summed E-state index contributed by atoms with van der Waals surface area (Å²) in [5.74, 6) is -0.735. The first kappa shape index (κ1) is 29.2. The maximum atomic E-state index is 13.8. The molecule has 45 heavy (non-hydrogen) atoms. The number of ether oxygens (including phenoxy) is 1. The molecule has 7 rings (SSSR count). The van der Waals surface area contributed by atoms with Gasteiger partial charge in [0.25, 0.3) is 5.56 Å². The molecular formula is C34H33BN4O6. The van der Waals surface area contributed by atoms with Gasteiger partial charge in [0.2, 0.25) is 0 Å². The zero-order chi connectivity index (χ0) is 31.3. The number of fused-ring (bicyclic) bond motifs is 7. The van der Waals surface area contributed by atoms with Crippen LogP contribution < -0.4 is 16.3 Å². The third-order valence-corrected chi connectivity index (χ3v) is 9.19. The number of carbonyl (C=O) groups excluding carboxylic acids is 1. The summed E-state index contributed by atoms with van der Waals surface area (Å²) >= 11 is 0. The van der Waals surface area contributed by atoms with Crippen molar-refractivity contribution in [2.24, 2.45) is 0 Å². The van der Waals surface area contributed by atoms with E-state index in [-0.39, 0.29) is 18.6 Å². The van der Waals surface area contributed by atoms with Gasteiger partial charge in [-0.2, -0.15) is 0 Å². The van der Waals surface area contributed by atoms with Gasteiger partial charge < -0.3 is 29.8 Å². The van der Waals surface area contributed by atoms with Crippen LogP contribution in [0.15, 0.2) is 65.6 Å². The van der Waals surface area contributed by atoms with Crippen molar-refractivity contribution >= 4 is 46.0 Å². The van der Waals surface area contributed by atoms with Gasteiger partial charge in [-0.25, -0.2) is 9.78 Å². The van der Waals surface area contributed by atoms with E-state index in [2.05, 4.69) is 16.4 Å². The van der Waals surface area contributed by atoms with E-state index in [0.29, 0.717) is 34.5 Å². The molecule has 2 aliphatic heterocycles. The Hall–Kier alpha value is -4.58. The van der Waals surface area contributed by atoms with Crippen LogP contribution in [0, 0.1) is 0 Å². The van der Waals surface area contributed by atoms with E-state index in [4.69, 9.17) is 9.72 Å². The van der Waals surface area contributed by atoms with Crippen LogP contribution in [-0.2, 0) is 34.7 Å². The third kappa shape index (κ3) is 4.88. The molecule has 0 fully saturated rings. The number of nitrogens with zero attached hydrogens (tertiary/aromatic N) is 3. The lowest BCUT2D eigenvalue weighted by atomic mass is 9.80. The number of aryl methyl sites for hydroxylation is 1. The summed E-state index contributed by atoms with van der Waals surface area (Å²) in [5.41, 5.74) is 4.97. The van der Waals surface area contributed by atoms with Crippen molar-refractivity contribution in [3.05, 3.63) is 93.4 Å². The van der Waals surface area contributed by atoms with Gasteiger partial charge in [0.1, 0.15) is 6.61 Å². The van der Waals surface area contributed by atoms with Crippen LogP contribution in [0.3, 0.4) is 0 Å². The normalized spacial score (nSPS) is 16.8. The lowest BCUT2D eigenvalue weighted by Crippen LogP contribution is -2.44. The first-order valence-corrected chi connectivity index (χ1v) is 15.4. The summed E-state index contributed by atoms with van der Waals surface area (Å²) in [6.45, 7) is 2.67. The Morgan fingerprint density at radius 1 is 1.02 bits per heavy atom. The molecule has 0 saturated heterocycles. The molecule has 2 aliphatic rings. The van der Waals surface area contributed by atoms with Gasteiger partial charge in [-0.15, -0.1) is 0 Å². The number of carbonyl (C=O) groups is 1. The molecule has 0 saturated carbocycles. The lowest BCUT2D eigenvalue weighted by molar-refractivity contribution is -0.172. The maximum Gasteiger partial charge on any atom is 0.488 e. The minimum atomic E-state index is -1.87. The van der Waals surface area contributed by atoms with Crippen LogP contribution in [-0.4, -0.2) is 49.3 Å². The Balaban J connectivity index is 1.21. The summed E-state index contributed by atoms with van der Waals surface area (Å²) < 4.78 is 6.94. The molecule has 11 heteroatoms. The molecule has 10 nitrogen and oxygen atoms in total. The van der Waals surface area contributed by atoms with Crippen LogP contribution in [0.1, 0.15) is 54.9 Å². The maximum absolute atomic E-state index is 13.8. The molecule has 0 radical (unpaired) electrons. The van der Waals surface area contributed by atoms with Gasteiger partial charge in [-0.1, -0.05) is 31.5 Å². The second-order valence-corrected chi connectivity index (χ2v) is 11.8. The quantitative estimate of drug-likeness (QED) is 0.0846. The largest absolute Gasteiger partial charge is 0.488 e. The van der Waals surface area contributed by atoms with E-state index in [1.54, 1.807) is 35.9 Å². The van der Waals surface area contributed by atoms with Crippen LogP contribution >= 0.6 is 0 Å². The number of aromatic nitrogens is 3. The zero-order valence-electron chi connectivity index (χ0n) is 24.9. The number of rotatable bonds is 9. The highest BCUT2D eigenvalue weighted by molar-refractivity contribution is 6.58. The van der Waals surface area contributed by atoms with Gasteiger partial charge in [0.15, 0.2) is 5.60 Å². The monoisotopic (exact) mass is 604 g/mol. The number of pyridine rings is 3. The first-order valence-electron chi connectivity index (χ1n) is 15.4. The van der Waals surface area contributed by atoms with Gasteiger partial charge >= 0.3 is 13.1 Å². The zero-order valence-corrected chi connectivity index (χ0v) is 24.9. The molecule has 0 aliphatic carbocycles. The third-order valence-electron chi connectivity index (χ3n) is 9.19. The summed E-state index contributed by atoms with van der Waals surface area (Å²) in [6, 6.07) is 16.7. The highest BCUT2D eigenvalue weighted by Crippen LogP contribution is 2.41. The second-order valence-electron chi connectivity index (χ2n) is 11.8. The predicted molar refractivity (Wildman–Crippen MR) is 172 cm³/mol. The van der Waals surface area contributed by atoms with E-state index in [1.807, 2.05) is 30.3 Å². The molecule has 5 heterocycles. The smallest absolute Gasteiger partial charge is 0.458 e. The van der Waals surface area contributed by atoms with E-state index in [0.717, 1.165) is 70.8 Å². The van der Waals surface area contributed by atoms with Gasteiger partial charge in [0, 0.05) is 40.3 Å². The molecule has 4 N–H and O–H groups in total. The fourth-order valence-corrected chi connectivity index (χ4v) is 6.71. The molecule has 0 unspecified atom stereocenters. The number of aliphatic hydroxyl groups is 1. The molecule has 0 spiro atoms. The van der Waals surface area contributed by atoms with Crippen LogP contribution in [0.4, 0.5) is 5.69 Å². The molecule has 5 aromatic rings. The number of hydrogen-bond donors (Lipinski definition) is 4. The topological polar surface area (TPSA) is 147 Å². The average Bonchev–Trinajstić information content (AvgIpc) is 3.43. The molecule has 2 aromatic carbocycles. The van der Waals surface area contributed by atoms with Crippen molar-refractivity contribution in [2.45, 2.75) is 57.8 Å². The summed E-state index contributed by atoms with van der Waals surface area (Å²) in [7, 11) is -1.48. The number of anilines is 1. The van der Waals surface area contributed by atoms with E-state index in [9.17, 15) is 24.7 Å². The first-order chi connectivity index (χ1) is 21.8. The highest BCUT2D eigenvalue weighted by atomic mass is 16.6. The number of unbranched alkanes of at least 4 members (excludes halogenated alkanes) is 2. The average molecular weight is 604 g/mol. The summed E-state index contributed by atoms with van der Waals surface area (Å²) in [4.78, 5) is 36.0. The van der Waals surface area contributed by atoms with E-state index < -0.39 is 18.7 Å². The highest BCUT2D eigenvalue weighted by Gasteiger charge is 2.45. The number of esters is 1. The SMILES string of the molecule is CC[C@@]1(O)C(=O)OCc2c1cc1n(c2=O)Cc2c-1nc1ccc3ncccc3c1c2CCCCCNc1ccc(B(O)O)cc1. The predicted octanol–water partition coefficient (Wildman–Crippen LogP) is 3.13. The van der Waals surface area contributed by atoms with Crippen molar-refractivity contribution in [1.82, 2.24) is 14.5 Å². The van der Waals surface area contributed by atoms with E-state index >= 15 is 0 Å². The molecular weight excluding hydrogens is 571 g/mol. The number of benzene rings is 2. The van der Waals surface area contributed by atoms with E-state index in [1.165, 1.54) is 0 Å². The summed E-state index contributed by atoms with van der Waals surface area (Å²) in [6.07, 6.45) is 5.47. The molecule has 3 aromatic heterocycles. The minimum Gasteiger partial charge on any atom is -0.458 e. The fourth-order valence-electron chi connectivity index (χ4n) is 6.71. The van der Waals surface area contributed by atoms with Gasteiger partial charge in [-0.3, -0.25) is 9.78 Å². The standard InChI is InChI=1S/C34H33BN4O6/c1-2-34(42)26-17-29-31-24(18-39(29)32(40)25(26)19-45-33(34)41)22(30-23-8-6-16-37-27(23)13-14-28(30)38-31)7-4-3-5-15-36-21-11-9-20(10-12-21)35(43)44/h6,8-14,16-17,36,42-44H,2-5,7,15,18-19H2,1H3/t34-/m0/s1. The Labute approximate surface area is 259 Å². The molecule has 228 valence electrons. The van der Waals surface area contributed by atoms with Crippen molar-refractivity contribution in [3.63, 3.8) is 0 Å². The van der Waals surface area contributed by atoms with Crippen molar-refractivity contribution in [3.8, 4) is 11.4 Å². The van der Waals surface area contributed by atoms with Crippen molar-refractivity contribution < 1.29 is 24.7 Å². The second kappa shape index (κ2) is 11.4. The van der Waals surface area contributed by atoms with Crippen LogP contribution in [0.5, 0.6) is 0 Å². The lowest BCUT2D eigenvalue weighted by Gasteiger charge is -2.31. The molecule has 0 bridgehead atoms. The molecule has 1 atom stereocenters. The minimum absolute atomic E-state index is 0.0932. The van der Waals surface area contributed by atoms with Crippen LogP contribution in [0.2, 0.25) is 0 Å². The van der Waals surface area contributed by atoms with Gasteiger partial charge in [0.05, 0.1) is 34.5 Å². The Kier molecular flexibility index (Phi) is 7.39. The summed E-state index contributed by atoms with van der Waals surface area (Å²) in [5, 5.41) is 35.3. The Morgan fingerprint density at radius 3 is 2.60 bits per heavy atom. The van der Waals surface area contributed by atoms with Crippen LogP contribution in [0.25, 0.3) is 33.2 Å². The number of nitrogens with one attached hydrogen (secondary N) is 1. The molecule has 0 amide bonds. The van der Waals surface area contributed by atoms with Gasteiger partial charge in [-0.05, 0) is 73.1 Å². The van der Waals surface area contributed by atoms with Crippen molar-refractivity contribution in [2.75, 3.05) is 11.9 Å². The Bertz CT molecular complexity index is 2030. The number of cyclic esters (lactones) is 1. The fraction of sp³-hybridized carbons (Fsp3) is 0.294.